The van der Waals surface area contributed by atoms with Crippen molar-refractivity contribution in [3.8, 4) is 0 Å². The summed E-state index contributed by atoms with van der Waals surface area (Å²) in [5.74, 6) is -0.791. The fourth-order valence-corrected chi connectivity index (χ4v) is 2.03. The molecule has 1 fully saturated rings. The second-order valence-corrected chi connectivity index (χ2v) is 4.31. The van der Waals surface area contributed by atoms with Crippen LogP contribution >= 0.6 is 0 Å². The monoisotopic (exact) mass is 226 g/mol. The zero-order valence-corrected chi connectivity index (χ0v) is 10.2. The van der Waals surface area contributed by atoms with Crippen molar-refractivity contribution in [2.24, 2.45) is 0 Å². The number of nitrogens with zero attached hydrogens (tertiary/aromatic N) is 1. The molecule has 0 aromatic carbocycles. The van der Waals surface area contributed by atoms with Crippen molar-refractivity contribution < 1.29 is 9.90 Å². The second kappa shape index (κ2) is 6.66. The summed E-state index contributed by atoms with van der Waals surface area (Å²) < 4.78 is 0. The number of nitrogens with one attached hydrogen (secondary N) is 1. The molecule has 0 radical (unpaired) electrons. The molecule has 4 nitrogen and oxygen atoms in total. The molecule has 0 spiro atoms. The number of likely N-dealkylation sites (N-methyl/N-ethyl adjacent to an activating group) is 1. The fourth-order valence-electron chi connectivity index (χ4n) is 2.03. The van der Waals surface area contributed by atoms with Crippen molar-refractivity contribution in [1.82, 2.24) is 10.2 Å². The van der Waals surface area contributed by atoms with E-state index in [4.69, 9.17) is 5.11 Å². The third kappa shape index (κ3) is 3.94. The van der Waals surface area contributed by atoms with Crippen LogP contribution < -0.4 is 5.32 Å². The molecule has 92 valence electrons. The second-order valence-electron chi connectivity index (χ2n) is 4.31. The summed E-state index contributed by atoms with van der Waals surface area (Å²) in [6, 6.07) is 0.587. The van der Waals surface area contributed by atoms with Gasteiger partial charge in [0.25, 0.3) is 0 Å². The number of carboxylic acid groups (broad SMARTS) is 1. The van der Waals surface area contributed by atoms with Crippen LogP contribution in [0.1, 0.15) is 26.2 Å². The lowest BCUT2D eigenvalue weighted by Gasteiger charge is -2.30. The van der Waals surface area contributed by atoms with Crippen LogP contribution in [0.25, 0.3) is 0 Å². The van der Waals surface area contributed by atoms with Gasteiger partial charge in [-0.05, 0) is 39.4 Å². The lowest BCUT2D eigenvalue weighted by atomic mass is 10.1. The summed E-state index contributed by atoms with van der Waals surface area (Å²) in [5.41, 5.74) is 0.515. The molecule has 0 unspecified atom stereocenters. The maximum absolute atomic E-state index is 10.8. The van der Waals surface area contributed by atoms with Gasteiger partial charge in [-0.3, -0.25) is 4.90 Å². The number of piperidine rings is 1. The first-order valence-corrected chi connectivity index (χ1v) is 5.98. The van der Waals surface area contributed by atoms with Crippen molar-refractivity contribution in [1.29, 1.82) is 0 Å². The Hall–Kier alpha value is -0.870. The first-order chi connectivity index (χ1) is 7.65. The minimum Gasteiger partial charge on any atom is -0.478 e. The molecular weight excluding hydrogens is 204 g/mol. The molecule has 4 heteroatoms. The van der Waals surface area contributed by atoms with E-state index in [9.17, 15) is 4.79 Å². The first kappa shape index (κ1) is 13.2. The summed E-state index contributed by atoms with van der Waals surface area (Å²) >= 11 is 0. The van der Waals surface area contributed by atoms with Crippen LogP contribution in [0.3, 0.4) is 0 Å². The summed E-state index contributed by atoms with van der Waals surface area (Å²) in [6.07, 6.45) is 4.73. The van der Waals surface area contributed by atoms with Gasteiger partial charge in [-0.2, -0.15) is 0 Å². The van der Waals surface area contributed by atoms with Crippen LogP contribution in [0.5, 0.6) is 0 Å². The van der Waals surface area contributed by atoms with Crippen molar-refractivity contribution in [3.05, 3.63) is 11.6 Å². The highest BCUT2D eigenvalue weighted by atomic mass is 16.4. The first-order valence-electron chi connectivity index (χ1n) is 5.98. The van der Waals surface area contributed by atoms with E-state index in [1.54, 1.807) is 0 Å². The van der Waals surface area contributed by atoms with Crippen molar-refractivity contribution in [2.45, 2.75) is 32.2 Å². The van der Waals surface area contributed by atoms with Crippen LogP contribution in [0.15, 0.2) is 11.6 Å². The molecule has 1 rings (SSSR count). The Morgan fingerprint density at radius 2 is 2.12 bits per heavy atom. The topological polar surface area (TPSA) is 52.6 Å². The van der Waals surface area contributed by atoms with Gasteiger partial charge in [0.1, 0.15) is 0 Å². The third-order valence-electron chi connectivity index (χ3n) is 3.21. The molecule has 1 aliphatic rings. The molecule has 0 saturated carbocycles. The average Bonchev–Trinajstić information content (AvgIpc) is 2.30. The van der Waals surface area contributed by atoms with E-state index in [0.717, 1.165) is 32.5 Å². The molecule has 0 bridgehead atoms. The maximum Gasteiger partial charge on any atom is 0.331 e. The fraction of sp³-hybridized carbons (Fsp3) is 0.750. The Kier molecular flexibility index (Phi) is 5.49. The third-order valence-corrected chi connectivity index (χ3v) is 3.21. The van der Waals surface area contributed by atoms with Gasteiger partial charge in [-0.15, -0.1) is 0 Å². The molecule has 2 N–H and O–H groups in total. The van der Waals surface area contributed by atoms with Crippen LogP contribution in [-0.4, -0.2) is 48.7 Å². The van der Waals surface area contributed by atoms with Crippen LogP contribution in [-0.2, 0) is 4.79 Å². The molecule has 0 aromatic rings. The molecule has 1 heterocycles. The van der Waals surface area contributed by atoms with Crippen LogP contribution in [0.4, 0.5) is 0 Å². The van der Waals surface area contributed by atoms with E-state index >= 15 is 0 Å². The Morgan fingerprint density at radius 3 is 2.62 bits per heavy atom. The zero-order chi connectivity index (χ0) is 12.0. The molecule has 16 heavy (non-hydrogen) atoms. The van der Waals surface area contributed by atoms with E-state index in [1.165, 1.54) is 0 Å². The van der Waals surface area contributed by atoms with E-state index in [0.29, 0.717) is 18.0 Å². The molecular formula is C12H22N2O2. The summed E-state index contributed by atoms with van der Waals surface area (Å²) in [6.45, 7) is 4.75. The van der Waals surface area contributed by atoms with Crippen molar-refractivity contribution in [3.63, 3.8) is 0 Å². The summed E-state index contributed by atoms with van der Waals surface area (Å²) in [4.78, 5) is 13.1. The van der Waals surface area contributed by atoms with Gasteiger partial charge in [0.2, 0.25) is 0 Å². The molecule has 0 atom stereocenters. The Balaban J connectivity index is 2.43. The molecule has 0 amide bonds. The molecule has 0 aliphatic carbocycles. The highest BCUT2D eigenvalue weighted by molar-refractivity contribution is 5.86. The number of rotatable bonds is 5. The minimum atomic E-state index is -0.791. The highest BCUT2D eigenvalue weighted by Gasteiger charge is 2.16. The highest BCUT2D eigenvalue weighted by Crippen LogP contribution is 2.10. The standard InChI is InChI=1S/C12H22N2O2/c1-3-10(12(15)16)6-9-14(2)11-4-7-13-8-5-11/h6,11,13H,3-5,7-9H2,1-2H3,(H,15,16). The van der Waals surface area contributed by atoms with Gasteiger partial charge in [0.15, 0.2) is 0 Å². The van der Waals surface area contributed by atoms with Gasteiger partial charge in [0.05, 0.1) is 0 Å². The SMILES string of the molecule is CCC(=CCN(C)C1CCNCC1)C(=O)O. The zero-order valence-electron chi connectivity index (χ0n) is 10.2. The number of carboxylic acids is 1. The Bertz CT molecular complexity index is 258. The smallest absolute Gasteiger partial charge is 0.331 e. The lowest BCUT2D eigenvalue weighted by molar-refractivity contribution is -0.132. The molecule has 0 aromatic heterocycles. The summed E-state index contributed by atoms with van der Waals surface area (Å²) in [7, 11) is 2.07. The normalized spacial score (nSPS) is 19.1. The number of aliphatic carboxylic acids is 1. The predicted octanol–water partition coefficient (Wildman–Crippen LogP) is 1.09. The molecule has 1 aliphatic heterocycles. The predicted molar refractivity (Wildman–Crippen MR) is 64.5 cm³/mol. The Morgan fingerprint density at radius 1 is 1.50 bits per heavy atom. The van der Waals surface area contributed by atoms with Gasteiger partial charge in [-0.25, -0.2) is 4.79 Å². The Labute approximate surface area is 97.3 Å². The van der Waals surface area contributed by atoms with Crippen LogP contribution in [0, 0.1) is 0 Å². The number of hydrogen-bond donors (Lipinski definition) is 2. The van der Waals surface area contributed by atoms with Crippen molar-refractivity contribution >= 4 is 5.97 Å². The average molecular weight is 226 g/mol. The maximum atomic E-state index is 10.8. The lowest BCUT2D eigenvalue weighted by Crippen LogP contribution is -2.41. The van der Waals surface area contributed by atoms with Crippen molar-refractivity contribution in [2.75, 3.05) is 26.7 Å². The van der Waals surface area contributed by atoms with Gasteiger partial charge < -0.3 is 10.4 Å². The summed E-state index contributed by atoms with van der Waals surface area (Å²) in [5, 5.41) is 12.2. The van der Waals surface area contributed by atoms with E-state index in [2.05, 4.69) is 17.3 Å². The quantitative estimate of drug-likeness (QED) is 0.689. The van der Waals surface area contributed by atoms with E-state index in [1.807, 2.05) is 13.0 Å². The minimum absolute atomic E-state index is 0.515. The van der Waals surface area contributed by atoms with E-state index < -0.39 is 5.97 Å². The van der Waals surface area contributed by atoms with E-state index in [-0.39, 0.29) is 0 Å². The van der Waals surface area contributed by atoms with Gasteiger partial charge in [0, 0.05) is 18.2 Å². The van der Waals surface area contributed by atoms with Crippen LogP contribution in [0.2, 0.25) is 0 Å². The largest absolute Gasteiger partial charge is 0.478 e. The number of carbonyl (C=O) groups is 1. The molecule has 1 saturated heterocycles. The number of hydrogen-bond acceptors (Lipinski definition) is 3. The van der Waals surface area contributed by atoms with Gasteiger partial charge >= 0.3 is 5.97 Å². The van der Waals surface area contributed by atoms with Gasteiger partial charge in [-0.1, -0.05) is 13.0 Å².